The van der Waals surface area contributed by atoms with Gasteiger partial charge in [-0.25, -0.2) is 0 Å². The van der Waals surface area contributed by atoms with Crippen LogP contribution in [0.4, 0.5) is 0 Å². The Morgan fingerprint density at radius 3 is 1.80 bits per heavy atom. The van der Waals surface area contributed by atoms with E-state index < -0.39 is 0 Å². The van der Waals surface area contributed by atoms with E-state index in [2.05, 4.69) is 47.6 Å². The van der Waals surface area contributed by atoms with Crippen LogP contribution in [-0.4, -0.2) is 0 Å². The standard InChI is InChI=1S/C14H21O/c1-13(2,3)10-7-8-12(15)11(9-10)14(4,5)6/h7-9H,1-6H3. The van der Waals surface area contributed by atoms with Gasteiger partial charge in [0.25, 0.3) is 0 Å². The molecule has 1 rings (SSSR count). The molecule has 0 bridgehead atoms. The molecule has 83 valence electrons. The second-order valence-electron chi connectivity index (χ2n) is 6.21. The summed E-state index contributed by atoms with van der Waals surface area (Å²) in [6.45, 7) is 12.7. The van der Waals surface area contributed by atoms with Crippen molar-refractivity contribution in [1.82, 2.24) is 0 Å². The topological polar surface area (TPSA) is 19.9 Å². The molecular weight excluding hydrogens is 184 g/mol. The van der Waals surface area contributed by atoms with Gasteiger partial charge in [0.05, 0.1) is 0 Å². The van der Waals surface area contributed by atoms with Crippen LogP contribution in [-0.2, 0) is 15.9 Å². The Morgan fingerprint density at radius 1 is 0.867 bits per heavy atom. The maximum atomic E-state index is 11.7. The smallest absolute Gasteiger partial charge is 0.182 e. The molecule has 0 spiro atoms. The van der Waals surface area contributed by atoms with Gasteiger partial charge in [-0.1, -0.05) is 53.7 Å². The minimum Gasteiger partial charge on any atom is -0.290 e. The zero-order valence-corrected chi connectivity index (χ0v) is 10.6. The van der Waals surface area contributed by atoms with Crippen LogP contribution >= 0.6 is 0 Å². The van der Waals surface area contributed by atoms with Gasteiger partial charge < -0.3 is 0 Å². The summed E-state index contributed by atoms with van der Waals surface area (Å²) in [5, 5.41) is 11.7. The highest BCUT2D eigenvalue weighted by atomic mass is 16.3. The van der Waals surface area contributed by atoms with Gasteiger partial charge in [0, 0.05) is 5.56 Å². The Balaban J connectivity index is 3.30. The van der Waals surface area contributed by atoms with E-state index in [-0.39, 0.29) is 16.6 Å². The normalized spacial score (nSPS) is 12.9. The second-order valence-corrected chi connectivity index (χ2v) is 6.21. The average Bonchev–Trinajstić information content (AvgIpc) is 2.00. The van der Waals surface area contributed by atoms with Crippen LogP contribution in [0.1, 0.15) is 52.7 Å². The first-order chi connectivity index (χ1) is 6.62. The van der Waals surface area contributed by atoms with Crippen molar-refractivity contribution in [2.24, 2.45) is 0 Å². The maximum Gasteiger partial charge on any atom is 0.182 e. The molecular formula is C14H21O. The summed E-state index contributed by atoms with van der Waals surface area (Å²) in [4.78, 5) is 0. The third-order valence-electron chi connectivity index (χ3n) is 2.65. The van der Waals surface area contributed by atoms with Gasteiger partial charge in [-0.3, -0.25) is 5.11 Å². The van der Waals surface area contributed by atoms with E-state index in [1.54, 1.807) is 6.07 Å². The monoisotopic (exact) mass is 205 g/mol. The van der Waals surface area contributed by atoms with E-state index in [0.29, 0.717) is 0 Å². The lowest BCUT2D eigenvalue weighted by molar-refractivity contribution is 0.340. The Morgan fingerprint density at radius 2 is 1.40 bits per heavy atom. The molecule has 0 saturated carbocycles. The maximum absolute atomic E-state index is 11.7. The molecule has 1 heteroatoms. The molecule has 0 saturated heterocycles. The quantitative estimate of drug-likeness (QED) is 0.597. The third kappa shape index (κ3) is 2.74. The summed E-state index contributed by atoms with van der Waals surface area (Å²) < 4.78 is 0. The highest BCUT2D eigenvalue weighted by Gasteiger charge is 2.22. The first-order valence-electron chi connectivity index (χ1n) is 5.44. The molecule has 1 aromatic rings. The molecule has 0 amide bonds. The summed E-state index contributed by atoms with van der Waals surface area (Å²) in [6.07, 6.45) is 0. The fraction of sp³-hybridized carbons (Fsp3) is 0.571. The molecule has 1 aromatic carbocycles. The van der Waals surface area contributed by atoms with Gasteiger partial charge in [0.2, 0.25) is 0 Å². The summed E-state index contributed by atoms with van der Waals surface area (Å²) in [5.41, 5.74) is 2.17. The second kappa shape index (κ2) is 3.55. The van der Waals surface area contributed by atoms with Gasteiger partial charge >= 0.3 is 0 Å². The van der Waals surface area contributed by atoms with Crippen molar-refractivity contribution in [3.05, 3.63) is 29.3 Å². The fourth-order valence-corrected chi connectivity index (χ4v) is 1.58. The fourth-order valence-electron chi connectivity index (χ4n) is 1.58. The van der Waals surface area contributed by atoms with Crippen molar-refractivity contribution in [3.63, 3.8) is 0 Å². The van der Waals surface area contributed by atoms with E-state index in [9.17, 15) is 5.11 Å². The molecule has 0 unspecified atom stereocenters. The SMILES string of the molecule is CC(C)(C)c1ccc([O])c(C(C)(C)C)c1. The Kier molecular flexibility index (Phi) is 2.86. The molecule has 0 aliphatic rings. The van der Waals surface area contributed by atoms with Gasteiger partial charge in [-0.15, -0.1) is 0 Å². The summed E-state index contributed by atoms with van der Waals surface area (Å²) in [6, 6.07) is 5.70. The molecule has 0 aliphatic carbocycles. The van der Waals surface area contributed by atoms with E-state index in [0.717, 1.165) is 5.56 Å². The molecule has 0 aliphatic heterocycles. The van der Waals surface area contributed by atoms with Crippen molar-refractivity contribution in [1.29, 1.82) is 0 Å². The number of benzene rings is 1. The first-order valence-corrected chi connectivity index (χ1v) is 5.44. The van der Waals surface area contributed by atoms with Gasteiger partial charge in [-0.05, 0) is 22.5 Å². The lowest BCUT2D eigenvalue weighted by Gasteiger charge is -2.24. The summed E-state index contributed by atoms with van der Waals surface area (Å²) >= 11 is 0. The number of hydrogen-bond acceptors (Lipinski definition) is 0. The lowest BCUT2D eigenvalue weighted by atomic mass is 9.80. The van der Waals surface area contributed by atoms with E-state index >= 15 is 0 Å². The molecule has 0 heterocycles. The molecule has 1 radical (unpaired) electrons. The predicted octanol–water partition coefficient (Wildman–Crippen LogP) is 4.43. The highest BCUT2D eigenvalue weighted by Crippen LogP contribution is 2.34. The van der Waals surface area contributed by atoms with Crippen molar-refractivity contribution in [2.45, 2.75) is 52.4 Å². The molecule has 0 atom stereocenters. The van der Waals surface area contributed by atoms with Crippen molar-refractivity contribution >= 4 is 0 Å². The van der Waals surface area contributed by atoms with Crippen LogP contribution < -0.4 is 0 Å². The van der Waals surface area contributed by atoms with Crippen LogP contribution in [0.25, 0.3) is 0 Å². The van der Waals surface area contributed by atoms with Crippen molar-refractivity contribution < 1.29 is 5.11 Å². The molecule has 0 N–H and O–H groups in total. The molecule has 15 heavy (non-hydrogen) atoms. The molecule has 0 aromatic heterocycles. The van der Waals surface area contributed by atoms with Crippen LogP contribution in [0.15, 0.2) is 18.2 Å². The van der Waals surface area contributed by atoms with E-state index in [4.69, 9.17) is 0 Å². The van der Waals surface area contributed by atoms with E-state index in [1.165, 1.54) is 5.56 Å². The van der Waals surface area contributed by atoms with Crippen LogP contribution in [0.3, 0.4) is 0 Å². The minimum atomic E-state index is -0.0711. The Bertz CT molecular complexity index is 351. The molecule has 0 fully saturated rings. The highest BCUT2D eigenvalue weighted by molar-refractivity contribution is 5.42. The lowest BCUT2D eigenvalue weighted by Crippen LogP contribution is -2.16. The van der Waals surface area contributed by atoms with Gasteiger partial charge in [0.15, 0.2) is 5.75 Å². The number of hydrogen-bond donors (Lipinski definition) is 0. The van der Waals surface area contributed by atoms with Crippen LogP contribution in [0.5, 0.6) is 5.75 Å². The van der Waals surface area contributed by atoms with Crippen molar-refractivity contribution in [2.75, 3.05) is 0 Å². The Labute approximate surface area is 93.1 Å². The molecule has 1 nitrogen and oxygen atoms in total. The third-order valence-corrected chi connectivity index (χ3v) is 2.65. The predicted molar refractivity (Wildman–Crippen MR) is 64.0 cm³/mol. The first kappa shape index (κ1) is 12.1. The van der Waals surface area contributed by atoms with Gasteiger partial charge in [-0.2, -0.15) is 0 Å². The average molecular weight is 205 g/mol. The minimum absolute atomic E-state index is 0.0711. The summed E-state index contributed by atoms with van der Waals surface area (Å²) in [5.74, 6) is 0.149. The van der Waals surface area contributed by atoms with Crippen LogP contribution in [0.2, 0.25) is 0 Å². The van der Waals surface area contributed by atoms with Gasteiger partial charge in [0.1, 0.15) is 0 Å². The number of rotatable bonds is 0. The van der Waals surface area contributed by atoms with E-state index in [1.807, 2.05) is 6.07 Å². The summed E-state index contributed by atoms with van der Waals surface area (Å²) in [7, 11) is 0. The van der Waals surface area contributed by atoms with Crippen molar-refractivity contribution in [3.8, 4) is 5.75 Å². The Hall–Kier alpha value is -0.980. The van der Waals surface area contributed by atoms with Crippen LogP contribution in [0, 0.1) is 0 Å². The zero-order valence-electron chi connectivity index (χ0n) is 10.6. The largest absolute Gasteiger partial charge is 0.290 e. The zero-order chi connectivity index (χ0) is 11.9.